The van der Waals surface area contributed by atoms with E-state index in [0.717, 1.165) is 16.1 Å². The number of aromatic nitrogens is 3. The third-order valence-corrected chi connectivity index (χ3v) is 3.93. The summed E-state index contributed by atoms with van der Waals surface area (Å²) in [5, 5.41) is 4.62. The summed E-state index contributed by atoms with van der Waals surface area (Å²) in [4.78, 5) is 25.6. The van der Waals surface area contributed by atoms with Gasteiger partial charge in [0.25, 0.3) is 5.91 Å². The van der Waals surface area contributed by atoms with E-state index in [4.69, 9.17) is 0 Å². The second-order valence-corrected chi connectivity index (χ2v) is 5.54. The number of carbonyl (C=O) groups is 1. The van der Waals surface area contributed by atoms with Crippen molar-refractivity contribution in [2.45, 2.75) is 13.8 Å². The predicted molar refractivity (Wildman–Crippen MR) is 79.1 cm³/mol. The normalized spacial score (nSPS) is 10.7. The molecule has 0 aliphatic carbocycles. The first-order chi connectivity index (χ1) is 9.65. The Kier molecular flexibility index (Phi) is 3.15. The average Bonchev–Trinajstić information content (AvgIpc) is 2.78. The van der Waals surface area contributed by atoms with Gasteiger partial charge in [0.15, 0.2) is 5.82 Å². The molecule has 3 aromatic heterocycles. The lowest BCUT2D eigenvalue weighted by atomic mass is 10.2. The van der Waals surface area contributed by atoms with Crippen LogP contribution in [-0.4, -0.2) is 20.9 Å². The predicted octanol–water partition coefficient (Wildman–Crippen LogP) is 2.96. The van der Waals surface area contributed by atoms with Gasteiger partial charge in [0, 0.05) is 17.8 Å². The lowest BCUT2D eigenvalue weighted by Gasteiger charge is -2.05. The summed E-state index contributed by atoms with van der Waals surface area (Å²) < 4.78 is 0. The molecule has 0 saturated heterocycles. The second-order valence-electron chi connectivity index (χ2n) is 4.34. The first kappa shape index (κ1) is 12.7. The molecular weight excluding hydrogens is 272 g/mol. The van der Waals surface area contributed by atoms with E-state index in [-0.39, 0.29) is 5.91 Å². The van der Waals surface area contributed by atoms with E-state index in [1.807, 2.05) is 32.0 Å². The van der Waals surface area contributed by atoms with E-state index in [2.05, 4.69) is 20.3 Å². The van der Waals surface area contributed by atoms with Gasteiger partial charge in [-0.3, -0.25) is 9.78 Å². The zero-order chi connectivity index (χ0) is 14.1. The molecule has 0 bridgehead atoms. The van der Waals surface area contributed by atoms with E-state index in [0.29, 0.717) is 16.2 Å². The highest BCUT2D eigenvalue weighted by molar-refractivity contribution is 7.13. The number of hydrogen-bond donors (Lipinski definition) is 1. The maximum atomic E-state index is 12.3. The van der Waals surface area contributed by atoms with Gasteiger partial charge < -0.3 is 5.32 Å². The molecule has 0 unspecified atom stereocenters. The molecule has 0 aliphatic rings. The summed E-state index contributed by atoms with van der Waals surface area (Å²) in [6.07, 6.45) is 3.34. The Morgan fingerprint density at radius 3 is 2.80 bits per heavy atom. The topological polar surface area (TPSA) is 67.8 Å². The second kappa shape index (κ2) is 4.97. The van der Waals surface area contributed by atoms with Crippen LogP contribution in [0.1, 0.15) is 20.4 Å². The standard InChI is InChI=1S/C14H12N4OS/c1-8-12(20-9(2)17-8)14(19)18-13-11-10(5-7-16-13)4-3-6-15-11/h3-7H,1-2H3,(H,16,18,19). The SMILES string of the molecule is Cc1nc(C)c(C(=O)Nc2nccc3cccnc23)s1. The number of pyridine rings is 2. The van der Waals surface area contributed by atoms with Gasteiger partial charge in [0.05, 0.1) is 10.7 Å². The van der Waals surface area contributed by atoms with Crippen LogP contribution in [0, 0.1) is 13.8 Å². The van der Waals surface area contributed by atoms with Gasteiger partial charge in [0.1, 0.15) is 10.4 Å². The van der Waals surface area contributed by atoms with Gasteiger partial charge in [-0.25, -0.2) is 9.97 Å². The maximum absolute atomic E-state index is 12.3. The number of nitrogens with zero attached hydrogens (tertiary/aromatic N) is 3. The molecule has 5 nitrogen and oxygen atoms in total. The molecule has 3 rings (SSSR count). The van der Waals surface area contributed by atoms with Gasteiger partial charge in [0.2, 0.25) is 0 Å². The van der Waals surface area contributed by atoms with Crippen molar-refractivity contribution < 1.29 is 4.79 Å². The molecule has 0 radical (unpaired) electrons. The molecule has 3 heterocycles. The summed E-state index contributed by atoms with van der Waals surface area (Å²) in [6, 6.07) is 5.65. The van der Waals surface area contributed by atoms with Crippen LogP contribution in [-0.2, 0) is 0 Å². The minimum absolute atomic E-state index is 0.196. The number of anilines is 1. The number of rotatable bonds is 2. The summed E-state index contributed by atoms with van der Waals surface area (Å²) in [7, 11) is 0. The Bertz CT molecular complexity index is 791. The molecule has 20 heavy (non-hydrogen) atoms. The Morgan fingerprint density at radius 1 is 1.20 bits per heavy atom. The van der Waals surface area contributed by atoms with Gasteiger partial charge >= 0.3 is 0 Å². The number of hydrogen-bond acceptors (Lipinski definition) is 5. The van der Waals surface area contributed by atoms with Crippen molar-refractivity contribution in [1.82, 2.24) is 15.0 Å². The summed E-state index contributed by atoms with van der Waals surface area (Å²) in [5.74, 6) is 0.275. The quantitative estimate of drug-likeness (QED) is 0.785. The molecule has 1 amide bonds. The maximum Gasteiger partial charge on any atom is 0.268 e. The minimum Gasteiger partial charge on any atom is -0.304 e. The number of aryl methyl sites for hydroxylation is 2. The third kappa shape index (κ3) is 2.25. The van der Waals surface area contributed by atoms with Crippen LogP contribution in [0.4, 0.5) is 5.82 Å². The lowest BCUT2D eigenvalue weighted by Crippen LogP contribution is -2.13. The highest BCUT2D eigenvalue weighted by Gasteiger charge is 2.15. The van der Waals surface area contributed by atoms with Gasteiger partial charge in [-0.05, 0) is 26.0 Å². The van der Waals surface area contributed by atoms with Crippen LogP contribution in [0.15, 0.2) is 30.6 Å². The van der Waals surface area contributed by atoms with Crippen molar-refractivity contribution in [3.05, 3.63) is 46.2 Å². The van der Waals surface area contributed by atoms with Crippen molar-refractivity contribution in [2.75, 3.05) is 5.32 Å². The summed E-state index contributed by atoms with van der Waals surface area (Å²) in [5.41, 5.74) is 1.42. The van der Waals surface area contributed by atoms with Crippen LogP contribution in [0.2, 0.25) is 0 Å². The molecule has 0 fully saturated rings. The van der Waals surface area contributed by atoms with E-state index < -0.39 is 0 Å². The molecule has 0 spiro atoms. The first-order valence-electron chi connectivity index (χ1n) is 6.10. The molecule has 6 heteroatoms. The van der Waals surface area contributed by atoms with Crippen LogP contribution in [0.3, 0.4) is 0 Å². The smallest absolute Gasteiger partial charge is 0.268 e. The summed E-state index contributed by atoms with van der Waals surface area (Å²) in [6.45, 7) is 3.71. The van der Waals surface area contributed by atoms with Crippen LogP contribution in [0.25, 0.3) is 10.9 Å². The Balaban J connectivity index is 1.97. The zero-order valence-electron chi connectivity index (χ0n) is 11.0. The van der Waals surface area contributed by atoms with Crippen molar-refractivity contribution in [3.8, 4) is 0 Å². The number of fused-ring (bicyclic) bond motifs is 1. The van der Waals surface area contributed by atoms with Crippen molar-refractivity contribution in [2.24, 2.45) is 0 Å². The van der Waals surface area contributed by atoms with E-state index in [9.17, 15) is 4.79 Å². The highest BCUT2D eigenvalue weighted by Crippen LogP contribution is 2.21. The fraction of sp³-hybridized carbons (Fsp3) is 0.143. The fourth-order valence-electron chi connectivity index (χ4n) is 2.00. The number of nitrogens with one attached hydrogen (secondary N) is 1. The number of thiazole rings is 1. The zero-order valence-corrected chi connectivity index (χ0v) is 11.9. The molecule has 0 aromatic carbocycles. The summed E-state index contributed by atoms with van der Waals surface area (Å²) >= 11 is 1.38. The number of carbonyl (C=O) groups excluding carboxylic acids is 1. The number of amides is 1. The fourth-order valence-corrected chi connectivity index (χ4v) is 2.82. The van der Waals surface area contributed by atoms with E-state index in [1.54, 1.807) is 12.4 Å². The Morgan fingerprint density at radius 2 is 2.05 bits per heavy atom. The van der Waals surface area contributed by atoms with Gasteiger partial charge in [-0.15, -0.1) is 11.3 Å². The van der Waals surface area contributed by atoms with Crippen LogP contribution in [0.5, 0.6) is 0 Å². The lowest BCUT2D eigenvalue weighted by molar-refractivity contribution is 0.102. The van der Waals surface area contributed by atoms with Crippen molar-refractivity contribution >= 4 is 34.0 Å². The highest BCUT2D eigenvalue weighted by atomic mass is 32.1. The largest absolute Gasteiger partial charge is 0.304 e. The van der Waals surface area contributed by atoms with Crippen molar-refractivity contribution in [1.29, 1.82) is 0 Å². The van der Waals surface area contributed by atoms with E-state index in [1.165, 1.54) is 11.3 Å². The van der Waals surface area contributed by atoms with Gasteiger partial charge in [-0.2, -0.15) is 0 Å². The average molecular weight is 284 g/mol. The Hall–Kier alpha value is -2.34. The van der Waals surface area contributed by atoms with Gasteiger partial charge in [-0.1, -0.05) is 6.07 Å². The van der Waals surface area contributed by atoms with Crippen LogP contribution >= 0.6 is 11.3 Å². The van der Waals surface area contributed by atoms with E-state index >= 15 is 0 Å². The monoisotopic (exact) mass is 284 g/mol. The molecule has 1 N–H and O–H groups in total. The minimum atomic E-state index is -0.196. The Labute approximate surface area is 119 Å². The molecule has 0 saturated carbocycles. The third-order valence-electron chi connectivity index (χ3n) is 2.86. The molecule has 3 aromatic rings. The molecule has 100 valence electrons. The molecular formula is C14H12N4OS. The molecule has 0 aliphatic heterocycles. The van der Waals surface area contributed by atoms with Crippen molar-refractivity contribution in [3.63, 3.8) is 0 Å². The first-order valence-corrected chi connectivity index (χ1v) is 6.92. The van der Waals surface area contributed by atoms with Crippen LogP contribution < -0.4 is 5.32 Å². The molecule has 0 atom stereocenters.